The Morgan fingerprint density at radius 3 is 2.60 bits per heavy atom. The summed E-state index contributed by atoms with van der Waals surface area (Å²) in [6.45, 7) is 4.75. The summed E-state index contributed by atoms with van der Waals surface area (Å²) in [6.07, 6.45) is 2.33. The summed E-state index contributed by atoms with van der Waals surface area (Å²) in [5.41, 5.74) is 3.89. The molecule has 1 fully saturated rings. The zero-order valence-corrected chi connectivity index (χ0v) is 15.7. The molecule has 0 saturated carbocycles. The van der Waals surface area contributed by atoms with Crippen molar-refractivity contribution in [3.8, 4) is 0 Å². The summed E-state index contributed by atoms with van der Waals surface area (Å²) in [5.74, 6) is 0.960. The molecular formula is C18H26N6O. The molecule has 134 valence electrons. The van der Waals surface area contributed by atoms with Gasteiger partial charge in [-0.1, -0.05) is 0 Å². The summed E-state index contributed by atoms with van der Waals surface area (Å²) in [7, 11) is 5.79. The van der Waals surface area contributed by atoms with E-state index in [0.29, 0.717) is 6.42 Å². The SMILES string of the molecule is Cc1nn(C)c(C)c1CC(=O)N1CCCC1c1ccc(N(C)C)nn1. The van der Waals surface area contributed by atoms with Crippen LogP contribution in [0.4, 0.5) is 5.82 Å². The minimum atomic E-state index is 0.0218. The maximum Gasteiger partial charge on any atom is 0.227 e. The van der Waals surface area contributed by atoms with E-state index in [1.807, 2.05) is 61.6 Å². The molecule has 2 aromatic heterocycles. The molecule has 7 nitrogen and oxygen atoms in total. The predicted octanol–water partition coefficient (Wildman–Crippen LogP) is 1.80. The van der Waals surface area contributed by atoms with Gasteiger partial charge in [-0.3, -0.25) is 9.48 Å². The first-order valence-corrected chi connectivity index (χ1v) is 8.68. The molecule has 25 heavy (non-hydrogen) atoms. The topological polar surface area (TPSA) is 67.2 Å². The van der Waals surface area contributed by atoms with Gasteiger partial charge in [-0.15, -0.1) is 5.10 Å². The Kier molecular flexibility index (Phi) is 4.74. The number of carbonyl (C=O) groups is 1. The van der Waals surface area contributed by atoms with E-state index in [-0.39, 0.29) is 11.9 Å². The third kappa shape index (κ3) is 3.36. The van der Waals surface area contributed by atoms with Gasteiger partial charge < -0.3 is 9.80 Å². The number of nitrogens with zero attached hydrogens (tertiary/aromatic N) is 6. The highest BCUT2D eigenvalue weighted by Gasteiger charge is 2.32. The van der Waals surface area contributed by atoms with Crippen molar-refractivity contribution in [3.63, 3.8) is 0 Å². The second-order valence-electron chi connectivity index (χ2n) is 6.91. The van der Waals surface area contributed by atoms with Crippen molar-refractivity contribution in [2.75, 3.05) is 25.5 Å². The molecule has 0 aliphatic carbocycles. The van der Waals surface area contributed by atoms with E-state index in [1.165, 1.54) is 0 Å². The molecule has 3 heterocycles. The Labute approximate surface area is 148 Å². The van der Waals surface area contributed by atoms with Crippen LogP contribution >= 0.6 is 0 Å². The quantitative estimate of drug-likeness (QED) is 0.847. The van der Waals surface area contributed by atoms with Crippen molar-refractivity contribution in [3.05, 3.63) is 34.8 Å². The Hall–Kier alpha value is -2.44. The highest BCUT2D eigenvalue weighted by atomic mass is 16.2. The lowest BCUT2D eigenvalue weighted by atomic mass is 10.1. The maximum atomic E-state index is 12.9. The van der Waals surface area contributed by atoms with Crippen molar-refractivity contribution in [2.45, 2.75) is 39.2 Å². The molecule has 0 radical (unpaired) electrons. The van der Waals surface area contributed by atoms with E-state index in [9.17, 15) is 4.79 Å². The molecular weight excluding hydrogens is 316 g/mol. The van der Waals surface area contributed by atoms with Crippen LogP contribution in [0.2, 0.25) is 0 Å². The van der Waals surface area contributed by atoms with Gasteiger partial charge in [-0.25, -0.2) is 0 Å². The van der Waals surface area contributed by atoms with Crippen molar-refractivity contribution < 1.29 is 4.79 Å². The monoisotopic (exact) mass is 342 g/mol. The van der Waals surface area contributed by atoms with E-state index < -0.39 is 0 Å². The second-order valence-corrected chi connectivity index (χ2v) is 6.91. The number of carbonyl (C=O) groups excluding carboxylic acids is 1. The van der Waals surface area contributed by atoms with Crippen molar-refractivity contribution in [1.29, 1.82) is 0 Å². The van der Waals surface area contributed by atoms with Gasteiger partial charge >= 0.3 is 0 Å². The zero-order valence-electron chi connectivity index (χ0n) is 15.7. The molecule has 2 aromatic rings. The first-order chi connectivity index (χ1) is 11.9. The number of aryl methyl sites for hydroxylation is 2. The molecule has 3 rings (SSSR count). The molecule has 1 aliphatic rings. The summed E-state index contributed by atoms with van der Waals surface area (Å²) >= 11 is 0. The van der Waals surface area contributed by atoms with Crippen LogP contribution in [0.25, 0.3) is 0 Å². The van der Waals surface area contributed by atoms with Gasteiger partial charge in [-0.05, 0) is 38.8 Å². The lowest BCUT2D eigenvalue weighted by Gasteiger charge is -2.24. The number of likely N-dealkylation sites (tertiary alicyclic amines) is 1. The van der Waals surface area contributed by atoms with E-state index in [4.69, 9.17) is 0 Å². The molecule has 0 spiro atoms. The molecule has 1 aliphatic heterocycles. The van der Waals surface area contributed by atoms with Gasteiger partial charge in [0.25, 0.3) is 0 Å². The van der Waals surface area contributed by atoms with Gasteiger partial charge in [0, 0.05) is 38.9 Å². The third-order valence-electron chi connectivity index (χ3n) is 5.03. The van der Waals surface area contributed by atoms with Gasteiger partial charge in [0.05, 0.1) is 23.9 Å². The highest BCUT2D eigenvalue weighted by Crippen LogP contribution is 2.31. The fraction of sp³-hybridized carbons (Fsp3) is 0.556. The normalized spacial score (nSPS) is 17.2. The van der Waals surface area contributed by atoms with Crippen molar-refractivity contribution in [2.24, 2.45) is 7.05 Å². The molecule has 1 amide bonds. The molecule has 0 bridgehead atoms. The fourth-order valence-corrected chi connectivity index (χ4v) is 3.45. The minimum Gasteiger partial charge on any atom is -0.361 e. The number of amides is 1. The number of aromatic nitrogens is 4. The predicted molar refractivity (Wildman–Crippen MR) is 96.4 cm³/mol. The standard InChI is InChI=1S/C18H26N6O/c1-12-14(13(2)23(5)21-12)11-18(25)24-10-6-7-16(24)15-8-9-17(20-19-15)22(3)4/h8-9,16H,6-7,10-11H2,1-5H3. The van der Waals surface area contributed by atoms with Gasteiger partial charge in [0.1, 0.15) is 0 Å². The largest absolute Gasteiger partial charge is 0.361 e. The van der Waals surface area contributed by atoms with E-state index in [2.05, 4.69) is 15.3 Å². The number of rotatable bonds is 4. The molecule has 0 aromatic carbocycles. The summed E-state index contributed by atoms with van der Waals surface area (Å²) in [6, 6.07) is 3.96. The average molecular weight is 342 g/mol. The Balaban J connectivity index is 1.77. The van der Waals surface area contributed by atoms with Crippen LogP contribution in [0.3, 0.4) is 0 Å². The van der Waals surface area contributed by atoms with E-state index in [0.717, 1.165) is 47.8 Å². The van der Waals surface area contributed by atoms with Crippen molar-refractivity contribution >= 4 is 11.7 Å². The smallest absolute Gasteiger partial charge is 0.227 e. The zero-order chi connectivity index (χ0) is 18.1. The summed E-state index contributed by atoms with van der Waals surface area (Å²) in [5, 5.41) is 13.0. The van der Waals surface area contributed by atoms with Crippen LogP contribution in [-0.4, -0.2) is 51.4 Å². The molecule has 7 heteroatoms. The summed E-state index contributed by atoms with van der Waals surface area (Å²) < 4.78 is 1.84. The highest BCUT2D eigenvalue weighted by molar-refractivity contribution is 5.80. The first-order valence-electron chi connectivity index (χ1n) is 8.68. The molecule has 1 unspecified atom stereocenters. The van der Waals surface area contributed by atoms with Crippen LogP contribution in [0.1, 0.15) is 41.5 Å². The number of hydrogen-bond acceptors (Lipinski definition) is 5. The van der Waals surface area contributed by atoms with Crippen LogP contribution in [0.15, 0.2) is 12.1 Å². The number of anilines is 1. The third-order valence-corrected chi connectivity index (χ3v) is 5.03. The molecule has 0 N–H and O–H groups in total. The lowest BCUT2D eigenvalue weighted by Crippen LogP contribution is -2.32. The van der Waals surface area contributed by atoms with Crippen LogP contribution in [0.5, 0.6) is 0 Å². The first kappa shape index (κ1) is 17.4. The van der Waals surface area contributed by atoms with Crippen LogP contribution in [0, 0.1) is 13.8 Å². The average Bonchev–Trinajstić information content (AvgIpc) is 3.16. The van der Waals surface area contributed by atoms with Crippen LogP contribution < -0.4 is 4.90 Å². The van der Waals surface area contributed by atoms with Crippen LogP contribution in [-0.2, 0) is 18.3 Å². The van der Waals surface area contributed by atoms with Crippen molar-refractivity contribution in [1.82, 2.24) is 24.9 Å². The Morgan fingerprint density at radius 1 is 1.28 bits per heavy atom. The fourth-order valence-electron chi connectivity index (χ4n) is 3.45. The van der Waals surface area contributed by atoms with Gasteiger partial charge in [0.15, 0.2) is 5.82 Å². The summed E-state index contributed by atoms with van der Waals surface area (Å²) in [4.78, 5) is 16.8. The Bertz CT molecular complexity index is 765. The molecule has 1 saturated heterocycles. The van der Waals surface area contributed by atoms with Gasteiger partial charge in [0.2, 0.25) is 5.91 Å². The van der Waals surface area contributed by atoms with Gasteiger partial charge in [-0.2, -0.15) is 10.2 Å². The minimum absolute atomic E-state index is 0.0218. The Morgan fingerprint density at radius 2 is 2.04 bits per heavy atom. The number of hydrogen-bond donors (Lipinski definition) is 0. The van der Waals surface area contributed by atoms with E-state index in [1.54, 1.807) is 0 Å². The maximum absolute atomic E-state index is 12.9. The lowest BCUT2D eigenvalue weighted by molar-refractivity contribution is -0.131. The second kappa shape index (κ2) is 6.82. The molecule has 1 atom stereocenters. The van der Waals surface area contributed by atoms with E-state index >= 15 is 0 Å².